The number of para-hydroxylation sites is 1. The Balaban J connectivity index is 1.49. The number of nitro benzene ring substituents is 1. The van der Waals surface area contributed by atoms with E-state index in [-0.39, 0.29) is 24.0 Å². The van der Waals surface area contributed by atoms with Crippen molar-refractivity contribution in [2.75, 3.05) is 11.9 Å². The molecule has 9 nitrogen and oxygen atoms in total. The summed E-state index contributed by atoms with van der Waals surface area (Å²) in [6.07, 6.45) is 1.20. The molecule has 4 rings (SSSR count). The zero-order valence-electron chi connectivity index (χ0n) is 16.6. The lowest BCUT2D eigenvalue weighted by molar-refractivity contribution is -0.384. The molecule has 158 valence electrons. The van der Waals surface area contributed by atoms with Gasteiger partial charge in [0.15, 0.2) is 12.4 Å². The van der Waals surface area contributed by atoms with E-state index in [1.807, 2.05) is 6.07 Å². The van der Waals surface area contributed by atoms with Crippen LogP contribution in [0.4, 0.5) is 11.4 Å². The molecule has 0 aliphatic rings. The van der Waals surface area contributed by atoms with Gasteiger partial charge in [-0.1, -0.05) is 42.5 Å². The van der Waals surface area contributed by atoms with E-state index in [1.165, 1.54) is 24.5 Å². The first-order valence-corrected chi connectivity index (χ1v) is 9.53. The lowest BCUT2D eigenvalue weighted by Gasteiger charge is -2.11. The summed E-state index contributed by atoms with van der Waals surface area (Å²) in [6.45, 7) is -0.378. The van der Waals surface area contributed by atoms with Crippen molar-refractivity contribution in [2.24, 2.45) is 0 Å². The molecule has 0 saturated heterocycles. The van der Waals surface area contributed by atoms with Crippen LogP contribution in [0.15, 0.2) is 79.1 Å². The number of hydrogen-bond acceptors (Lipinski definition) is 7. The average Bonchev–Trinajstić information content (AvgIpc) is 2.82. The molecule has 32 heavy (non-hydrogen) atoms. The third-order valence-corrected chi connectivity index (χ3v) is 4.62. The third kappa shape index (κ3) is 4.41. The molecular weight excluding hydrogens is 412 g/mol. The highest BCUT2D eigenvalue weighted by atomic mass is 16.6. The highest BCUT2D eigenvalue weighted by molar-refractivity contribution is 6.13. The number of fused-ring (bicyclic) bond motifs is 1. The quantitative estimate of drug-likeness (QED) is 0.270. The molecule has 0 bridgehead atoms. The minimum absolute atomic E-state index is 0.111. The van der Waals surface area contributed by atoms with Gasteiger partial charge in [-0.3, -0.25) is 19.7 Å². The summed E-state index contributed by atoms with van der Waals surface area (Å²) >= 11 is 0. The zero-order chi connectivity index (χ0) is 22.5. The van der Waals surface area contributed by atoms with Crippen molar-refractivity contribution in [3.05, 3.63) is 100 Å². The van der Waals surface area contributed by atoms with E-state index >= 15 is 0 Å². The van der Waals surface area contributed by atoms with Gasteiger partial charge < -0.3 is 10.1 Å². The van der Waals surface area contributed by atoms with Gasteiger partial charge in [0, 0.05) is 23.3 Å². The summed E-state index contributed by atoms with van der Waals surface area (Å²) < 4.78 is 5.52. The Bertz CT molecular complexity index is 1320. The van der Waals surface area contributed by atoms with Crippen LogP contribution in [0, 0.1) is 10.1 Å². The van der Waals surface area contributed by atoms with E-state index in [9.17, 15) is 19.7 Å². The van der Waals surface area contributed by atoms with Crippen LogP contribution in [-0.2, 0) is 4.79 Å². The van der Waals surface area contributed by atoms with Crippen LogP contribution in [-0.4, -0.2) is 33.2 Å². The van der Waals surface area contributed by atoms with Crippen LogP contribution in [0.2, 0.25) is 0 Å². The molecule has 3 aromatic carbocycles. The Morgan fingerprint density at radius 2 is 1.72 bits per heavy atom. The summed E-state index contributed by atoms with van der Waals surface area (Å²) in [4.78, 5) is 43.7. The lowest BCUT2D eigenvalue weighted by atomic mass is 10.0. The van der Waals surface area contributed by atoms with Gasteiger partial charge in [0.1, 0.15) is 6.33 Å². The normalized spacial score (nSPS) is 10.5. The number of ether oxygens (including phenoxy) is 1. The highest BCUT2D eigenvalue weighted by Gasteiger charge is 2.16. The first kappa shape index (κ1) is 20.6. The first-order chi connectivity index (χ1) is 15.5. The number of anilines is 1. The van der Waals surface area contributed by atoms with Gasteiger partial charge >= 0.3 is 0 Å². The summed E-state index contributed by atoms with van der Waals surface area (Å²) in [7, 11) is 0. The molecule has 0 spiro atoms. The van der Waals surface area contributed by atoms with Crippen LogP contribution < -0.4 is 10.1 Å². The van der Waals surface area contributed by atoms with E-state index in [1.54, 1.807) is 48.5 Å². The predicted octanol–water partition coefficient (Wildman–Crippen LogP) is 3.79. The van der Waals surface area contributed by atoms with E-state index in [0.29, 0.717) is 27.7 Å². The minimum atomic E-state index is -0.524. The smallest absolute Gasteiger partial charge is 0.271 e. The van der Waals surface area contributed by atoms with Gasteiger partial charge in [0.05, 0.1) is 21.5 Å². The fourth-order valence-electron chi connectivity index (χ4n) is 3.10. The van der Waals surface area contributed by atoms with Gasteiger partial charge in [0.25, 0.3) is 11.6 Å². The SMILES string of the molecule is O=C(COc1ncnc2cc([N+](=O)[O-])ccc12)Nc1ccccc1C(=O)c1ccccc1. The number of benzene rings is 3. The second-order valence-corrected chi connectivity index (χ2v) is 6.71. The Morgan fingerprint density at radius 1 is 0.969 bits per heavy atom. The summed E-state index contributed by atoms with van der Waals surface area (Å²) in [5.74, 6) is -0.591. The number of nitro groups is 1. The van der Waals surface area contributed by atoms with Crippen LogP contribution in [0.5, 0.6) is 5.88 Å². The first-order valence-electron chi connectivity index (χ1n) is 9.53. The molecule has 1 amide bonds. The maximum Gasteiger partial charge on any atom is 0.271 e. The predicted molar refractivity (Wildman–Crippen MR) is 117 cm³/mol. The maximum atomic E-state index is 12.8. The molecule has 0 aliphatic carbocycles. The molecule has 0 saturated carbocycles. The average molecular weight is 428 g/mol. The fourth-order valence-corrected chi connectivity index (χ4v) is 3.10. The summed E-state index contributed by atoms with van der Waals surface area (Å²) in [5.41, 5.74) is 1.43. The van der Waals surface area contributed by atoms with E-state index in [0.717, 1.165) is 0 Å². The van der Waals surface area contributed by atoms with Gasteiger partial charge in [-0.15, -0.1) is 0 Å². The monoisotopic (exact) mass is 428 g/mol. The lowest BCUT2D eigenvalue weighted by Crippen LogP contribution is -2.22. The Labute approximate surface area is 181 Å². The molecule has 0 atom stereocenters. The van der Waals surface area contributed by atoms with Crippen molar-refractivity contribution >= 4 is 34.0 Å². The number of aromatic nitrogens is 2. The topological polar surface area (TPSA) is 124 Å². The molecule has 1 heterocycles. The largest absolute Gasteiger partial charge is 0.467 e. The number of ketones is 1. The number of non-ortho nitro benzene ring substituents is 1. The van der Waals surface area contributed by atoms with Gasteiger partial charge in [-0.2, -0.15) is 0 Å². The number of hydrogen-bond donors (Lipinski definition) is 1. The summed E-state index contributed by atoms with van der Waals surface area (Å²) in [5, 5.41) is 14.1. The van der Waals surface area contributed by atoms with E-state index < -0.39 is 10.8 Å². The minimum Gasteiger partial charge on any atom is -0.467 e. The standard InChI is InChI=1S/C23H16N4O5/c28-21(13-32-23-18-11-10-16(27(30)31)12-20(18)24-14-25-23)26-19-9-5-4-8-17(19)22(29)15-6-2-1-3-7-15/h1-12,14H,13H2,(H,26,28). The van der Waals surface area contributed by atoms with Gasteiger partial charge in [-0.05, 0) is 18.2 Å². The number of nitrogens with zero attached hydrogens (tertiary/aromatic N) is 3. The van der Waals surface area contributed by atoms with Gasteiger partial charge in [0.2, 0.25) is 5.88 Å². The molecule has 9 heteroatoms. The number of carbonyl (C=O) groups excluding carboxylic acids is 2. The molecule has 0 aliphatic heterocycles. The molecule has 0 radical (unpaired) electrons. The number of rotatable bonds is 7. The molecule has 1 aromatic heterocycles. The van der Waals surface area contributed by atoms with Crippen LogP contribution in [0.1, 0.15) is 15.9 Å². The second-order valence-electron chi connectivity index (χ2n) is 6.71. The molecule has 1 N–H and O–H groups in total. The van der Waals surface area contributed by atoms with Crippen molar-refractivity contribution in [1.82, 2.24) is 9.97 Å². The Morgan fingerprint density at radius 3 is 2.50 bits per heavy atom. The fraction of sp³-hybridized carbons (Fsp3) is 0.0435. The second kappa shape index (κ2) is 9.00. The Hall–Kier alpha value is -4.66. The number of carbonyl (C=O) groups is 2. The van der Waals surface area contributed by atoms with Crippen molar-refractivity contribution in [1.29, 1.82) is 0 Å². The van der Waals surface area contributed by atoms with Crippen molar-refractivity contribution in [3.8, 4) is 5.88 Å². The van der Waals surface area contributed by atoms with Gasteiger partial charge in [-0.25, -0.2) is 9.97 Å². The van der Waals surface area contributed by atoms with Crippen LogP contribution >= 0.6 is 0 Å². The van der Waals surface area contributed by atoms with E-state index in [4.69, 9.17) is 4.74 Å². The van der Waals surface area contributed by atoms with Crippen LogP contribution in [0.3, 0.4) is 0 Å². The molecular formula is C23H16N4O5. The molecule has 0 unspecified atom stereocenters. The van der Waals surface area contributed by atoms with Crippen molar-refractivity contribution in [3.63, 3.8) is 0 Å². The zero-order valence-corrected chi connectivity index (χ0v) is 16.6. The maximum absolute atomic E-state index is 12.8. The third-order valence-electron chi connectivity index (χ3n) is 4.62. The highest BCUT2D eigenvalue weighted by Crippen LogP contribution is 2.25. The molecule has 4 aromatic rings. The number of amides is 1. The summed E-state index contributed by atoms with van der Waals surface area (Å²) in [6, 6.07) is 19.5. The number of nitrogens with one attached hydrogen (secondary N) is 1. The van der Waals surface area contributed by atoms with E-state index in [2.05, 4.69) is 15.3 Å². The van der Waals surface area contributed by atoms with Crippen molar-refractivity contribution < 1.29 is 19.2 Å². The van der Waals surface area contributed by atoms with Crippen LogP contribution in [0.25, 0.3) is 10.9 Å². The van der Waals surface area contributed by atoms with Crippen molar-refractivity contribution in [2.45, 2.75) is 0 Å². The Kier molecular flexibility index (Phi) is 5.80. The molecule has 0 fully saturated rings.